The molecule has 0 radical (unpaired) electrons. The summed E-state index contributed by atoms with van der Waals surface area (Å²) in [7, 11) is 1.28. The van der Waals surface area contributed by atoms with Gasteiger partial charge in [-0.25, -0.2) is 14.6 Å². The average Bonchev–Trinajstić information content (AvgIpc) is 3.37. The van der Waals surface area contributed by atoms with Gasteiger partial charge >= 0.3 is 12.0 Å². The number of halogens is 2. The molecule has 1 saturated heterocycles. The van der Waals surface area contributed by atoms with Crippen molar-refractivity contribution in [3.8, 4) is 0 Å². The molecule has 0 saturated carbocycles. The molecule has 1 aliphatic rings. The number of imidazole rings is 1. The van der Waals surface area contributed by atoms with Crippen LogP contribution >= 0.6 is 23.2 Å². The maximum absolute atomic E-state index is 13.0. The normalized spacial score (nSPS) is 20.3. The molecule has 12 heteroatoms. The standard InChI is InChI=1S/C33H34Cl2N4O6/c1-20-27(17-39-19-36-29(34)30(39)35)44-32(45-28(20)23-13-11-22(18-40)12-14-23)24-9-6-10-25(16-24)37-33(42)38-26(31(41)43-2)15-21-7-4-3-5-8-21/h3-14,16,19-20,26-28,32,40H,15,17-18H2,1-2H3,(H2,37,38,42)/t20-,26-,27+,28+,32+/m0/s1. The molecule has 3 aromatic carbocycles. The third-order valence-electron chi connectivity index (χ3n) is 7.72. The summed E-state index contributed by atoms with van der Waals surface area (Å²) in [5, 5.41) is 15.6. The minimum absolute atomic E-state index is 0.0599. The van der Waals surface area contributed by atoms with Gasteiger partial charge in [-0.15, -0.1) is 0 Å². The van der Waals surface area contributed by atoms with Crippen molar-refractivity contribution in [2.45, 2.75) is 51.0 Å². The molecule has 0 spiro atoms. The van der Waals surface area contributed by atoms with Gasteiger partial charge in [-0.05, 0) is 28.8 Å². The minimum atomic E-state index is -0.880. The van der Waals surface area contributed by atoms with E-state index >= 15 is 0 Å². The number of nitrogens with one attached hydrogen (secondary N) is 2. The summed E-state index contributed by atoms with van der Waals surface area (Å²) < 4.78 is 19.7. The SMILES string of the molecule is COC(=O)[C@H](Cc1ccccc1)NC(=O)Nc1cccc([C@@H]2O[C@H](Cn3cnc(Cl)c3Cl)[C@H](C)[C@H](c3ccc(CO)cc3)O2)c1. The fourth-order valence-corrected chi connectivity index (χ4v) is 5.58. The molecule has 0 aliphatic carbocycles. The molecule has 1 fully saturated rings. The molecule has 10 nitrogen and oxygen atoms in total. The number of carbonyl (C=O) groups is 2. The third kappa shape index (κ3) is 8.02. The number of aliphatic hydroxyl groups excluding tert-OH is 1. The van der Waals surface area contributed by atoms with E-state index in [-0.39, 0.29) is 36.3 Å². The fourth-order valence-electron chi connectivity index (χ4n) is 5.27. The average molecular weight is 654 g/mol. The van der Waals surface area contributed by atoms with Crippen molar-refractivity contribution >= 4 is 40.9 Å². The molecule has 2 amide bonds. The zero-order valence-corrected chi connectivity index (χ0v) is 26.2. The number of amides is 2. The highest BCUT2D eigenvalue weighted by Crippen LogP contribution is 2.42. The number of esters is 1. The van der Waals surface area contributed by atoms with Gasteiger partial charge in [0.2, 0.25) is 0 Å². The van der Waals surface area contributed by atoms with Gasteiger partial charge in [0.05, 0.1) is 38.8 Å². The van der Waals surface area contributed by atoms with Crippen molar-refractivity contribution in [2.75, 3.05) is 12.4 Å². The summed E-state index contributed by atoms with van der Waals surface area (Å²) in [6, 6.07) is 22.6. The molecule has 45 heavy (non-hydrogen) atoms. The van der Waals surface area contributed by atoms with E-state index in [9.17, 15) is 14.7 Å². The Morgan fingerprint density at radius 2 is 1.76 bits per heavy atom. The Balaban J connectivity index is 1.35. The van der Waals surface area contributed by atoms with Gasteiger partial charge in [0, 0.05) is 23.6 Å². The predicted octanol–water partition coefficient (Wildman–Crippen LogP) is 6.08. The number of rotatable bonds is 10. The number of nitrogens with zero attached hydrogens (tertiary/aromatic N) is 2. The molecule has 1 aromatic heterocycles. The molecule has 0 bridgehead atoms. The van der Waals surface area contributed by atoms with E-state index in [0.717, 1.165) is 16.7 Å². The Kier molecular flexibility index (Phi) is 10.7. The van der Waals surface area contributed by atoms with Crippen LogP contribution in [0.4, 0.5) is 10.5 Å². The van der Waals surface area contributed by atoms with Crippen molar-refractivity contribution in [1.82, 2.24) is 14.9 Å². The van der Waals surface area contributed by atoms with Crippen molar-refractivity contribution in [1.29, 1.82) is 0 Å². The molecular weight excluding hydrogens is 619 g/mol. The Labute approximate surface area is 271 Å². The lowest BCUT2D eigenvalue weighted by Gasteiger charge is -2.41. The molecular formula is C33H34Cl2N4O6. The summed E-state index contributed by atoms with van der Waals surface area (Å²) in [6.07, 6.45) is 0.332. The summed E-state index contributed by atoms with van der Waals surface area (Å²) in [5.41, 5.74) is 3.75. The first-order chi connectivity index (χ1) is 21.7. The molecule has 4 aromatic rings. The van der Waals surface area contributed by atoms with Crippen LogP contribution in [-0.2, 0) is 38.6 Å². The van der Waals surface area contributed by atoms with Gasteiger partial charge in [0.15, 0.2) is 11.4 Å². The quantitative estimate of drug-likeness (QED) is 0.177. The maximum Gasteiger partial charge on any atom is 0.328 e. The second-order valence-electron chi connectivity index (χ2n) is 10.8. The Bertz CT molecular complexity index is 1600. The first-order valence-corrected chi connectivity index (χ1v) is 15.2. The van der Waals surface area contributed by atoms with Gasteiger partial charge < -0.3 is 34.5 Å². The number of carbonyl (C=O) groups excluding carboxylic acids is 2. The zero-order chi connectivity index (χ0) is 31.9. The topological polar surface area (TPSA) is 124 Å². The molecule has 2 heterocycles. The monoisotopic (exact) mass is 652 g/mol. The zero-order valence-electron chi connectivity index (χ0n) is 24.7. The Morgan fingerprint density at radius 1 is 1.00 bits per heavy atom. The summed E-state index contributed by atoms with van der Waals surface area (Å²) in [5.74, 6) is -0.658. The first-order valence-electron chi connectivity index (χ1n) is 14.4. The van der Waals surface area contributed by atoms with Gasteiger partial charge in [-0.3, -0.25) is 0 Å². The van der Waals surface area contributed by atoms with Gasteiger partial charge in [-0.1, -0.05) is 96.9 Å². The van der Waals surface area contributed by atoms with Gasteiger partial charge in [0.25, 0.3) is 0 Å². The van der Waals surface area contributed by atoms with E-state index in [2.05, 4.69) is 15.6 Å². The number of hydrogen-bond donors (Lipinski definition) is 3. The van der Waals surface area contributed by atoms with E-state index in [4.69, 9.17) is 37.4 Å². The maximum atomic E-state index is 13.0. The molecule has 1 aliphatic heterocycles. The number of aromatic nitrogens is 2. The number of ether oxygens (including phenoxy) is 3. The molecule has 3 N–H and O–H groups in total. The van der Waals surface area contributed by atoms with Crippen molar-refractivity contribution in [3.05, 3.63) is 118 Å². The van der Waals surface area contributed by atoms with Crippen LogP contribution in [0.1, 0.15) is 41.6 Å². The fraction of sp³-hybridized carbons (Fsp3) is 0.303. The Hall–Kier alpha value is -3.93. The van der Waals surface area contributed by atoms with Crippen molar-refractivity contribution in [2.24, 2.45) is 5.92 Å². The minimum Gasteiger partial charge on any atom is -0.467 e. The predicted molar refractivity (Wildman–Crippen MR) is 170 cm³/mol. The highest BCUT2D eigenvalue weighted by Gasteiger charge is 2.39. The number of aliphatic hydroxyl groups is 1. The van der Waals surface area contributed by atoms with E-state index in [1.807, 2.05) is 67.6 Å². The second-order valence-corrected chi connectivity index (χ2v) is 11.5. The summed E-state index contributed by atoms with van der Waals surface area (Å²) >= 11 is 12.5. The second kappa shape index (κ2) is 14.9. The smallest absolute Gasteiger partial charge is 0.328 e. The molecule has 5 atom stereocenters. The van der Waals surface area contributed by atoms with Crippen LogP contribution in [0.15, 0.2) is 85.2 Å². The molecule has 0 unspecified atom stereocenters. The number of urea groups is 1. The lowest BCUT2D eigenvalue weighted by Crippen LogP contribution is -2.45. The molecule has 236 valence electrons. The molecule has 5 rings (SSSR count). The number of anilines is 1. The van der Waals surface area contributed by atoms with Crippen LogP contribution < -0.4 is 10.6 Å². The Morgan fingerprint density at radius 3 is 2.42 bits per heavy atom. The van der Waals surface area contributed by atoms with Crippen LogP contribution in [0, 0.1) is 5.92 Å². The highest BCUT2D eigenvalue weighted by molar-refractivity contribution is 6.40. The van der Waals surface area contributed by atoms with Gasteiger partial charge in [-0.2, -0.15) is 0 Å². The first kappa shape index (κ1) is 32.5. The lowest BCUT2D eigenvalue weighted by atomic mass is 9.90. The van der Waals surface area contributed by atoms with E-state index in [0.29, 0.717) is 22.9 Å². The van der Waals surface area contributed by atoms with Crippen LogP contribution in [0.3, 0.4) is 0 Å². The third-order valence-corrected chi connectivity index (χ3v) is 8.49. The van der Waals surface area contributed by atoms with Crippen LogP contribution in [0.5, 0.6) is 0 Å². The van der Waals surface area contributed by atoms with Crippen molar-refractivity contribution < 1.29 is 28.9 Å². The summed E-state index contributed by atoms with van der Waals surface area (Å²) in [4.78, 5) is 29.5. The van der Waals surface area contributed by atoms with Crippen molar-refractivity contribution in [3.63, 3.8) is 0 Å². The van der Waals surface area contributed by atoms with Crippen LogP contribution in [0.2, 0.25) is 10.3 Å². The summed E-state index contributed by atoms with van der Waals surface area (Å²) in [6.45, 7) is 2.35. The van der Waals surface area contributed by atoms with Crippen LogP contribution in [-0.4, -0.2) is 45.9 Å². The van der Waals surface area contributed by atoms with E-state index in [1.54, 1.807) is 29.1 Å². The number of hydrogen-bond acceptors (Lipinski definition) is 7. The van der Waals surface area contributed by atoms with Crippen LogP contribution in [0.25, 0.3) is 0 Å². The number of benzene rings is 3. The number of methoxy groups -OCH3 is 1. The van der Waals surface area contributed by atoms with E-state index in [1.165, 1.54) is 7.11 Å². The van der Waals surface area contributed by atoms with Gasteiger partial charge in [0.1, 0.15) is 11.2 Å². The lowest BCUT2D eigenvalue weighted by molar-refractivity contribution is -0.276. The largest absolute Gasteiger partial charge is 0.467 e. The van der Waals surface area contributed by atoms with E-state index < -0.39 is 24.3 Å². The highest BCUT2D eigenvalue weighted by atomic mass is 35.5.